The molecule has 2 aromatic rings. The molecule has 0 spiro atoms. The van der Waals surface area contributed by atoms with Crippen molar-refractivity contribution in [1.82, 2.24) is 9.88 Å². The van der Waals surface area contributed by atoms with Crippen LogP contribution in [0.3, 0.4) is 0 Å². The van der Waals surface area contributed by atoms with Crippen LogP contribution in [0.1, 0.15) is 46.5 Å². The molecule has 0 radical (unpaired) electrons. The van der Waals surface area contributed by atoms with Crippen molar-refractivity contribution in [3.63, 3.8) is 0 Å². The van der Waals surface area contributed by atoms with Crippen molar-refractivity contribution in [2.75, 3.05) is 13.7 Å². The summed E-state index contributed by atoms with van der Waals surface area (Å²) in [5.41, 5.74) is 0.655. The largest absolute Gasteiger partial charge is 0.461 e. The predicted octanol–water partition coefficient (Wildman–Crippen LogP) is 2.40. The molecular weight excluding hydrogens is 296 g/mol. The molecule has 2 aromatic heterocycles. The molecule has 1 unspecified atom stereocenters. The Hall–Kier alpha value is -2.34. The lowest BCUT2D eigenvalue weighted by molar-refractivity contribution is 0.0714. The molecule has 23 heavy (non-hydrogen) atoms. The molecule has 1 atom stereocenters. The highest BCUT2D eigenvalue weighted by molar-refractivity contribution is 5.94. The number of rotatable bonds is 4. The summed E-state index contributed by atoms with van der Waals surface area (Å²) in [6.07, 6.45) is 3.21. The smallest absolute Gasteiger partial charge is 0.259 e. The fraction of sp³-hybridized carbons (Fsp3) is 0.412. The standard InChI is InChI=1S/C17H20N2O4/c1-11-8-15(20)13(9-18-11)17(21)19-7-3-4-14(19)16-6-5-12(23-16)10-22-2/h5-6,8-9,14H,3-4,7,10H2,1-2H3,(H,18,20). The maximum absolute atomic E-state index is 12.7. The molecule has 3 heterocycles. The Bertz CT molecular complexity index is 762. The molecule has 1 saturated heterocycles. The molecule has 6 heteroatoms. The average Bonchev–Trinajstić information content (AvgIpc) is 3.15. The molecule has 0 aliphatic carbocycles. The number of aryl methyl sites for hydroxylation is 1. The highest BCUT2D eigenvalue weighted by Gasteiger charge is 2.33. The number of carbonyl (C=O) groups excluding carboxylic acids is 1. The zero-order chi connectivity index (χ0) is 16.4. The zero-order valence-corrected chi connectivity index (χ0v) is 13.3. The van der Waals surface area contributed by atoms with E-state index in [9.17, 15) is 9.59 Å². The SMILES string of the molecule is COCc1ccc(C2CCCN2C(=O)c2c[nH]c(C)cc2=O)o1. The Labute approximate surface area is 134 Å². The Morgan fingerprint density at radius 1 is 1.48 bits per heavy atom. The second-order valence-corrected chi connectivity index (χ2v) is 5.79. The lowest BCUT2D eigenvalue weighted by Crippen LogP contribution is -2.33. The van der Waals surface area contributed by atoms with Crippen LogP contribution < -0.4 is 5.43 Å². The quantitative estimate of drug-likeness (QED) is 0.940. The van der Waals surface area contributed by atoms with Crippen molar-refractivity contribution in [3.05, 3.63) is 57.4 Å². The van der Waals surface area contributed by atoms with E-state index in [0.717, 1.165) is 30.1 Å². The van der Waals surface area contributed by atoms with Gasteiger partial charge in [0.2, 0.25) is 0 Å². The van der Waals surface area contributed by atoms with Crippen LogP contribution in [0.2, 0.25) is 0 Å². The first-order chi connectivity index (χ1) is 11.1. The number of pyridine rings is 1. The van der Waals surface area contributed by atoms with E-state index >= 15 is 0 Å². The van der Waals surface area contributed by atoms with E-state index in [-0.39, 0.29) is 22.9 Å². The Morgan fingerprint density at radius 3 is 3.04 bits per heavy atom. The van der Waals surface area contributed by atoms with E-state index in [4.69, 9.17) is 9.15 Å². The van der Waals surface area contributed by atoms with Crippen molar-refractivity contribution in [2.45, 2.75) is 32.4 Å². The first-order valence-electron chi connectivity index (χ1n) is 7.68. The summed E-state index contributed by atoms with van der Waals surface area (Å²) in [5, 5.41) is 0. The van der Waals surface area contributed by atoms with Crippen LogP contribution in [0.25, 0.3) is 0 Å². The number of aromatic nitrogens is 1. The topological polar surface area (TPSA) is 75.5 Å². The molecule has 0 bridgehead atoms. The van der Waals surface area contributed by atoms with Gasteiger partial charge in [-0.05, 0) is 31.9 Å². The number of aromatic amines is 1. The maximum atomic E-state index is 12.7. The molecule has 122 valence electrons. The molecule has 3 rings (SSSR count). The lowest BCUT2D eigenvalue weighted by atomic mass is 10.1. The van der Waals surface area contributed by atoms with Gasteiger partial charge in [-0.3, -0.25) is 9.59 Å². The van der Waals surface area contributed by atoms with Crippen molar-refractivity contribution in [1.29, 1.82) is 0 Å². The number of ether oxygens (including phenoxy) is 1. The van der Waals surface area contributed by atoms with Crippen LogP contribution in [0.4, 0.5) is 0 Å². The highest BCUT2D eigenvalue weighted by Crippen LogP contribution is 2.33. The summed E-state index contributed by atoms with van der Waals surface area (Å²) in [4.78, 5) is 29.4. The number of furan rings is 1. The second kappa shape index (κ2) is 6.42. The maximum Gasteiger partial charge on any atom is 0.259 e. The van der Waals surface area contributed by atoms with E-state index in [2.05, 4.69) is 4.98 Å². The summed E-state index contributed by atoms with van der Waals surface area (Å²) in [5.74, 6) is 1.22. The van der Waals surface area contributed by atoms with Gasteiger partial charge in [0.05, 0.1) is 6.04 Å². The third-order valence-corrected chi connectivity index (χ3v) is 4.10. The number of hydrogen-bond donors (Lipinski definition) is 1. The summed E-state index contributed by atoms with van der Waals surface area (Å²) >= 11 is 0. The first-order valence-corrected chi connectivity index (χ1v) is 7.68. The van der Waals surface area contributed by atoms with Gasteiger partial charge >= 0.3 is 0 Å². The summed E-state index contributed by atoms with van der Waals surface area (Å²) in [7, 11) is 1.61. The van der Waals surface area contributed by atoms with E-state index in [1.54, 1.807) is 18.9 Å². The monoisotopic (exact) mass is 316 g/mol. The van der Waals surface area contributed by atoms with Gasteiger partial charge in [-0.1, -0.05) is 0 Å². The Morgan fingerprint density at radius 2 is 2.30 bits per heavy atom. The fourth-order valence-corrected chi connectivity index (χ4v) is 2.99. The van der Waals surface area contributed by atoms with Crippen LogP contribution in [-0.2, 0) is 11.3 Å². The van der Waals surface area contributed by atoms with Crippen LogP contribution in [0, 0.1) is 6.92 Å². The normalized spacial score (nSPS) is 17.7. The first kappa shape index (κ1) is 15.6. The number of carbonyl (C=O) groups is 1. The predicted molar refractivity (Wildman–Crippen MR) is 84.2 cm³/mol. The zero-order valence-electron chi connectivity index (χ0n) is 13.3. The Kier molecular flexibility index (Phi) is 4.34. The van der Waals surface area contributed by atoms with Crippen LogP contribution in [0.15, 0.2) is 33.6 Å². The Balaban J connectivity index is 1.85. The van der Waals surface area contributed by atoms with Crippen molar-refractivity contribution in [2.24, 2.45) is 0 Å². The third-order valence-electron chi connectivity index (χ3n) is 4.10. The van der Waals surface area contributed by atoms with E-state index < -0.39 is 0 Å². The van der Waals surface area contributed by atoms with Gasteiger partial charge in [0.15, 0.2) is 5.43 Å². The van der Waals surface area contributed by atoms with Gasteiger partial charge in [-0.2, -0.15) is 0 Å². The van der Waals surface area contributed by atoms with Gasteiger partial charge in [0, 0.05) is 31.6 Å². The van der Waals surface area contributed by atoms with Crippen LogP contribution in [-0.4, -0.2) is 29.4 Å². The second-order valence-electron chi connectivity index (χ2n) is 5.79. The van der Waals surface area contributed by atoms with Crippen molar-refractivity contribution in [3.8, 4) is 0 Å². The summed E-state index contributed by atoms with van der Waals surface area (Å²) in [6, 6.07) is 5.05. The van der Waals surface area contributed by atoms with Crippen molar-refractivity contribution >= 4 is 5.91 Å². The minimum atomic E-state index is -0.253. The van der Waals surface area contributed by atoms with Crippen molar-refractivity contribution < 1.29 is 13.9 Å². The number of amides is 1. The number of hydrogen-bond acceptors (Lipinski definition) is 4. The summed E-state index contributed by atoms with van der Waals surface area (Å²) in [6.45, 7) is 2.81. The van der Waals surface area contributed by atoms with E-state index in [0.29, 0.717) is 13.2 Å². The average molecular weight is 316 g/mol. The molecule has 0 saturated carbocycles. The van der Waals surface area contributed by atoms with Gasteiger partial charge in [0.25, 0.3) is 5.91 Å². The molecule has 0 aromatic carbocycles. The minimum absolute atomic E-state index is 0.131. The minimum Gasteiger partial charge on any atom is -0.461 e. The van der Waals surface area contributed by atoms with Crippen LogP contribution in [0.5, 0.6) is 0 Å². The highest BCUT2D eigenvalue weighted by atomic mass is 16.5. The number of methoxy groups -OCH3 is 1. The lowest BCUT2D eigenvalue weighted by Gasteiger charge is -2.23. The molecule has 1 N–H and O–H groups in total. The number of nitrogens with one attached hydrogen (secondary N) is 1. The van der Waals surface area contributed by atoms with Gasteiger partial charge in [-0.15, -0.1) is 0 Å². The number of likely N-dealkylation sites (tertiary alicyclic amines) is 1. The fourth-order valence-electron chi connectivity index (χ4n) is 2.99. The molecule has 1 aliphatic heterocycles. The van der Waals surface area contributed by atoms with Gasteiger partial charge < -0.3 is 19.0 Å². The molecule has 6 nitrogen and oxygen atoms in total. The van der Waals surface area contributed by atoms with Gasteiger partial charge in [0.1, 0.15) is 23.7 Å². The van der Waals surface area contributed by atoms with Crippen LogP contribution >= 0.6 is 0 Å². The molecule has 1 fully saturated rings. The van der Waals surface area contributed by atoms with E-state index in [1.807, 2.05) is 12.1 Å². The molecule has 1 aliphatic rings. The van der Waals surface area contributed by atoms with E-state index in [1.165, 1.54) is 12.3 Å². The number of H-pyrrole nitrogens is 1. The van der Waals surface area contributed by atoms with Gasteiger partial charge in [-0.25, -0.2) is 0 Å². The molecular formula is C17H20N2O4. The third kappa shape index (κ3) is 3.07. The number of nitrogens with zero attached hydrogens (tertiary/aromatic N) is 1. The molecule has 1 amide bonds. The summed E-state index contributed by atoms with van der Waals surface area (Å²) < 4.78 is 10.8.